The van der Waals surface area contributed by atoms with Crippen molar-refractivity contribution in [1.29, 1.82) is 0 Å². The molecule has 0 unspecified atom stereocenters. The van der Waals surface area contributed by atoms with Crippen LogP contribution >= 0.6 is 11.6 Å². The summed E-state index contributed by atoms with van der Waals surface area (Å²) in [6.07, 6.45) is 1.17. The number of carbonyl (C=O) groups excluding carboxylic acids is 1. The van der Waals surface area contributed by atoms with Gasteiger partial charge in [-0.15, -0.1) is 0 Å². The van der Waals surface area contributed by atoms with Crippen LogP contribution in [0.25, 0.3) is 0 Å². The quantitative estimate of drug-likeness (QED) is 0.879. The number of aromatic nitrogens is 1. The van der Waals surface area contributed by atoms with Crippen LogP contribution in [0.5, 0.6) is 0 Å². The molecular weight excluding hydrogens is 274 g/mol. The topological polar surface area (TPSA) is 42.0 Å². The second kappa shape index (κ2) is 5.75. The maximum absolute atomic E-state index is 13.4. The average Bonchev–Trinajstić information content (AvgIpc) is 2.35. The summed E-state index contributed by atoms with van der Waals surface area (Å²) in [5, 5.41) is 2.76. The highest BCUT2D eigenvalue weighted by Gasteiger charge is 2.11. The molecule has 98 valence electrons. The molecule has 0 saturated heterocycles. The SMILES string of the molecule is O=C(Cc1cccc(F)c1F)Nc1ccnc(Cl)c1. The number of nitrogens with one attached hydrogen (secondary N) is 1. The van der Waals surface area contributed by atoms with Crippen LogP contribution in [0, 0.1) is 11.6 Å². The van der Waals surface area contributed by atoms with Crippen LogP contribution in [-0.2, 0) is 11.2 Å². The Hall–Kier alpha value is -2.01. The number of hydrogen-bond acceptors (Lipinski definition) is 2. The third kappa shape index (κ3) is 3.48. The summed E-state index contributed by atoms with van der Waals surface area (Å²) < 4.78 is 26.4. The fourth-order valence-corrected chi connectivity index (χ4v) is 1.72. The van der Waals surface area contributed by atoms with Gasteiger partial charge in [-0.3, -0.25) is 4.79 Å². The van der Waals surface area contributed by atoms with Gasteiger partial charge in [-0.2, -0.15) is 0 Å². The first-order chi connectivity index (χ1) is 9.06. The first-order valence-corrected chi connectivity index (χ1v) is 5.78. The Morgan fingerprint density at radius 3 is 2.84 bits per heavy atom. The minimum absolute atomic E-state index is 0.00217. The molecule has 2 aromatic rings. The van der Waals surface area contributed by atoms with Gasteiger partial charge in [0.15, 0.2) is 11.6 Å². The largest absolute Gasteiger partial charge is 0.326 e. The lowest BCUT2D eigenvalue weighted by molar-refractivity contribution is -0.115. The molecule has 0 aliphatic carbocycles. The Morgan fingerprint density at radius 1 is 1.32 bits per heavy atom. The van der Waals surface area contributed by atoms with Crippen LogP contribution in [0.1, 0.15) is 5.56 Å². The molecule has 0 saturated carbocycles. The highest BCUT2D eigenvalue weighted by Crippen LogP contribution is 2.15. The molecule has 0 aliphatic rings. The second-order valence-electron chi connectivity index (χ2n) is 3.81. The highest BCUT2D eigenvalue weighted by molar-refractivity contribution is 6.29. The van der Waals surface area contributed by atoms with Gasteiger partial charge in [-0.1, -0.05) is 23.7 Å². The predicted molar refractivity (Wildman–Crippen MR) is 67.9 cm³/mol. The second-order valence-corrected chi connectivity index (χ2v) is 4.19. The molecule has 0 atom stereocenters. The minimum Gasteiger partial charge on any atom is -0.326 e. The van der Waals surface area contributed by atoms with E-state index in [4.69, 9.17) is 11.6 Å². The Bertz CT molecular complexity index is 619. The molecule has 0 radical (unpaired) electrons. The van der Waals surface area contributed by atoms with E-state index in [2.05, 4.69) is 10.3 Å². The number of carbonyl (C=O) groups is 1. The maximum atomic E-state index is 13.4. The van der Waals surface area contributed by atoms with E-state index in [-0.39, 0.29) is 17.1 Å². The number of nitrogens with zero attached hydrogens (tertiary/aromatic N) is 1. The molecular formula is C13H9ClF2N2O. The van der Waals surface area contributed by atoms with E-state index in [9.17, 15) is 13.6 Å². The van der Waals surface area contributed by atoms with E-state index >= 15 is 0 Å². The normalized spacial score (nSPS) is 10.3. The number of halogens is 3. The van der Waals surface area contributed by atoms with Gasteiger partial charge in [0.1, 0.15) is 5.15 Å². The average molecular weight is 283 g/mol. The molecule has 1 heterocycles. The number of hydrogen-bond donors (Lipinski definition) is 1. The number of rotatable bonds is 3. The Balaban J connectivity index is 2.08. The van der Waals surface area contributed by atoms with Crippen molar-refractivity contribution in [3.05, 3.63) is 58.9 Å². The lowest BCUT2D eigenvalue weighted by atomic mass is 10.1. The van der Waals surface area contributed by atoms with Gasteiger partial charge in [-0.25, -0.2) is 13.8 Å². The van der Waals surface area contributed by atoms with E-state index in [0.717, 1.165) is 6.07 Å². The lowest BCUT2D eigenvalue weighted by Crippen LogP contribution is -2.15. The van der Waals surface area contributed by atoms with Crippen molar-refractivity contribution in [2.24, 2.45) is 0 Å². The molecule has 0 spiro atoms. The standard InChI is InChI=1S/C13H9ClF2N2O/c14-11-7-9(4-5-17-11)18-12(19)6-8-2-1-3-10(15)13(8)16/h1-5,7H,6H2,(H,17,18,19). The molecule has 6 heteroatoms. The number of anilines is 1. The van der Waals surface area contributed by atoms with Gasteiger partial charge in [-0.05, 0) is 18.2 Å². The summed E-state index contributed by atoms with van der Waals surface area (Å²) in [6.45, 7) is 0. The van der Waals surface area contributed by atoms with Gasteiger partial charge in [0, 0.05) is 17.4 Å². The molecule has 1 aromatic heterocycles. The van der Waals surface area contributed by atoms with Gasteiger partial charge < -0.3 is 5.32 Å². The molecule has 1 N–H and O–H groups in total. The highest BCUT2D eigenvalue weighted by atomic mass is 35.5. The molecule has 0 aliphatic heterocycles. The van der Waals surface area contributed by atoms with Crippen LogP contribution in [0.3, 0.4) is 0 Å². The molecule has 3 nitrogen and oxygen atoms in total. The molecule has 19 heavy (non-hydrogen) atoms. The number of amides is 1. The summed E-state index contributed by atoms with van der Waals surface area (Å²) in [6, 6.07) is 6.72. The predicted octanol–water partition coefficient (Wildman–Crippen LogP) is 3.19. The Kier molecular flexibility index (Phi) is 4.06. The van der Waals surface area contributed by atoms with Crippen LogP contribution in [-0.4, -0.2) is 10.9 Å². The summed E-state index contributed by atoms with van der Waals surface area (Å²) in [5.74, 6) is -2.45. The monoisotopic (exact) mass is 282 g/mol. The fraction of sp³-hybridized carbons (Fsp3) is 0.0769. The first kappa shape index (κ1) is 13.4. The number of benzene rings is 1. The van der Waals surface area contributed by atoms with Crippen LogP contribution in [0.15, 0.2) is 36.5 Å². The lowest BCUT2D eigenvalue weighted by Gasteiger charge is -2.06. The third-order valence-corrected chi connectivity index (χ3v) is 2.60. The van der Waals surface area contributed by atoms with E-state index in [1.807, 2.05) is 0 Å². The van der Waals surface area contributed by atoms with Crippen molar-refractivity contribution in [2.75, 3.05) is 5.32 Å². The van der Waals surface area contributed by atoms with Crippen molar-refractivity contribution in [1.82, 2.24) is 4.98 Å². The summed E-state index contributed by atoms with van der Waals surface area (Å²) in [7, 11) is 0. The minimum atomic E-state index is -1.01. The molecule has 2 rings (SSSR count). The Labute approximate surface area is 113 Å². The van der Waals surface area contributed by atoms with Crippen LogP contribution in [0.2, 0.25) is 5.15 Å². The summed E-state index contributed by atoms with van der Waals surface area (Å²) in [5.41, 5.74) is 0.444. The van der Waals surface area contributed by atoms with E-state index in [1.165, 1.54) is 24.4 Å². The van der Waals surface area contributed by atoms with E-state index < -0.39 is 17.5 Å². The van der Waals surface area contributed by atoms with Crippen molar-refractivity contribution in [3.8, 4) is 0 Å². The smallest absolute Gasteiger partial charge is 0.228 e. The van der Waals surface area contributed by atoms with Crippen molar-refractivity contribution in [2.45, 2.75) is 6.42 Å². The van der Waals surface area contributed by atoms with Crippen molar-refractivity contribution < 1.29 is 13.6 Å². The third-order valence-electron chi connectivity index (χ3n) is 2.39. The van der Waals surface area contributed by atoms with E-state index in [0.29, 0.717) is 5.69 Å². The fourth-order valence-electron chi connectivity index (χ4n) is 1.54. The first-order valence-electron chi connectivity index (χ1n) is 5.40. The van der Waals surface area contributed by atoms with E-state index in [1.54, 1.807) is 6.07 Å². The molecule has 1 aromatic carbocycles. The molecule has 1 amide bonds. The zero-order valence-corrected chi connectivity index (χ0v) is 10.4. The van der Waals surface area contributed by atoms with Gasteiger partial charge >= 0.3 is 0 Å². The molecule has 0 fully saturated rings. The van der Waals surface area contributed by atoms with Gasteiger partial charge in [0.25, 0.3) is 0 Å². The molecule has 0 bridgehead atoms. The zero-order valence-electron chi connectivity index (χ0n) is 9.66. The van der Waals surface area contributed by atoms with Gasteiger partial charge in [0.2, 0.25) is 5.91 Å². The van der Waals surface area contributed by atoms with Crippen LogP contribution < -0.4 is 5.32 Å². The van der Waals surface area contributed by atoms with Gasteiger partial charge in [0.05, 0.1) is 6.42 Å². The van der Waals surface area contributed by atoms with Crippen molar-refractivity contribution in [3.63, 3.8) is 0 Å². The number of pyridine rings is 1. The zero-order chi connectivity index (χ0) is 13.8. The Morgan fingerprint density at radius 2 is 2.11 bits per heavy atom. The van der Waals surface area contributed by atoms with Crippen LogP contribution in [0.4, 0.5) is 14.5 Å². The van der Waals surface area contributed by atoms with Crippen molar-refractivity contribution >= 4 is 23.2 Å². The summed E-state index contributed by atoms with van der Waals surface area (Å²) >= 11 is 5.66. The maximum Gasteiger partial charge on any atom is 0.228 e. The summed E-state index contributed by atoms with van der Waals surface area (Å²) in [4.78, 5) is 15.5.